The van der Waals surface area contributed by atoms with Crippen LogP contribution in [0.25, 0.3) is 11.5 Å². The summed E-state index contributed by atoms with van der Waals surface area (Å²) in [5.41, 5.74) is 0.905. The minimum absolute atomic E-state index is 0.515. The molecule has 0 radical (unpaired) electrons. The van der Waals surface area contributed by atoms with Gasteiger partial charge in [-0.25, -0.2) is 0 Å². The van der Waals surface area contributed by atoms with Crippen molar-refractivity contribution in [2.75, 3.05) is 0 Å². The van der Waals surface area contributed by atoms with E-state index in [1.165, 1.54) is 6.39 Å². The molecule has 66 valence electrons. The second-order valence-corrected chi connectivity index (χ2v) is 3.97. The minimum Gasteiger partial charge on any atom is -0.423 e. The van der Waals surface area contributed by atoms with Crippen LogP contribution in [0.15, 0.2) is 29.0 Å². The van der Waals surface area contributed by atoms with Crippen LogP contribution in [0.4, 0.5) is 0 Å². The van der Waals surface area contributed by atoms with Gasteiger partial charge in [-0.2, -0.15) is 0 Å². The van der Waals surface area contributed by atoms with E-state index in [4.69, 9.17) is 16.0 Å². The second-order valence-electron chi connectivity index (χ2n) is 2.37. The first-order chi connectivity index (χ1) is 6.27. The van der Waals surface area contributed by atoms with Gasteiger partial charge in [0.1, 0.15) is 0 Å². The van der Waals surface area contributed by atoms with Gasteiger partial charge in [-0.15, -0.1) is 10.2 Å². The smallest absolute Gasteiger partial charge is 0.248 e. The van der Waals surface area contributed by atoms with E-state index in [-0.39, 0.29) is 0 Å². The zero-order valence-corrected chi connectivity index (χ0v) is 9.28. The van der Waals surface area contributed by atoms with Crippen molar-refractivity contribution in [1.29, 1.82) is 0 Å². The summed E-state index contributed by atoms with van der Waals surface area (Å²) in [5.74, 6) is 0.515. The molecule has 0 unspecified atom stereocenters. The molecule has 5 heteroatoms. The highest BCUT2D eigenvalue weighted by molar-refractivity contribution is 14.1. The molecule has 0 saturated heterocycles. The molecule has 2 aromatic rings. The molecule has 1 aromatic carbocycles. The molecule has 0 atom stereocenters. The standard InChI is InChI=1S/C8H4ClIN2O/c9-5-1-2-6(7(10)3-5)8-12-11-4-13-8/h1-4H. The van der Waals surface area contributed by atoms with Crippen LogP contribution < -0.4 is 0 Å². The van der Waals surface area contributed by atoms with Crippen molar-refractivity contribution in [2.24, 2.45) is 0 Å². The maximum Gasteiger partial charge on any atom is 0.248 e. The van der Waals surface area contributed by atoms with Gasteiger partial charge in [-0.1, -0.05) is 11.6 Å². The van der Waals surface area contributed by atoms with Crippen molar-refractivity contribution in [3.8, 4) is 11.5 Å². The lowest BCUT2D eigenvalue weighted by Gasteiger charge is -1.98. The zero-order valence-electron chi connectivity index (χ0n) is 6.37. The largest absolute Gasteiger partial charge is 0.423 e. The molecule has 0 N–H and O–H groups in total. The van der Waals surface area contributed by atoms with E-state index in [0.717, 1.165) is 9.13 Å². The first-order valence-electron chi connectivity index (χ1n) is 3.49. The summed E-state index contributed by atoms with van der Waals surface area (Å²) in [6.07, 6.45) is 1.31. The molecule has 0 fully saturated rings. The first-order valence-corrected chi connectivity index (χ1v) is 4.94. The summed E-state index contributed by atoms with van der Waals surface area (Å²) in [4.78, 5) is 0. The first kappa shape index (κ1) is 8.96. The predicted molar refractivity (Wildman–Crippen MR) is 57.5 cm³/mol. The monoisotopic (exact) mass is 306 g/mol. The molecule has 0 aliphatic rings. The highest BCUT2D eigenvalue weighted by Crippen LogP contribution is 2.25. The van der Waals surface area contributed by atoms with Gasteiger partial charge in [0.15, 0.2) is 0 Å². The Morgan fingerprint density at radius 1 is 1.38 bits per heavy atom. The maximum absolute atomic E-state index is 5.81. The van der Waals surface area contributed by atoms with Crippen LogP contribution in [0.3, 0.4) is 0 Å². The molecule has 2 rings (SSSR count). The number of nitrogens with zero attached hydrogens (tertiary/aromatic N) is 2. The van der Waals surface area contributed by atoms with E-state index < -0.39 is 0 Å². The topological polar surface area (TPSA) is 38.9 Å². The Bertz CT molecular complexity index is 416. The van der Waals surface area contributed by atoms with Gasteiger partial charge in [-0.05, 0) is 40.8 Å². The quantitative estimate of drug-likeness (QED) is 0.760. The fraction of sp³-hybridized carbons (Fsp3) is 0. The molecule has 1 heterocycles. The third-order valence-corrected chi connectivity index (χ3v) is 2.65. The Balaban J connectivity index is 2.53. The van der Waals surface area contributed by atoms with Gasteiger partial charge in [0.25, 0.3) is 0 Å². The molecule has 0 bridgehead atoms. The molecule has 1 aromatic heterocycles. The Morgan fingerprint density at radius 2 is 2.23 bits per heavy atom. The third-order valence-electron chi connectivity index (χ3n) is 1.52. The molecule has 0 saturated carbocycles. The highest BCUT2D eigenvalue weighted by atomic mass is 127. The van der Waals surface area contributed by atoms with Gasteiger partial charge in [0, 0.05) is 8.59 Å². The molecule has 0 spiro atoms. The Kier molecular flexibility index (Phi) is 2.50. The molecular weight excluding hydrogens is 302 g/mol. The summed E-state index contributed by atoms with van der Waals surface area (Å²) in [6.45, 7) is 0. The summed E-state index contributed by atoms with van der Waals surface area (Å²) in [5, 5.41) is 8.12. The van der Waals surface area contributed by atoms with Gasteiger partial charge in [0.05, 0.1) is 5.56 Å². The average Bonchev–Trinajstić information content (AvgIpc) is 2.56. The molecular formula is C8H4ClIN2O. The van der Waals surface area contributed by atoms with Crippen molar-refractivity contribution in [2.45, 2.75) is 0 Å². The van der Waals surface area contributed by atoms with E-state index in [0.29, 0.717) is 10.9 Å². The van der Waals surface area contributed by atoms with Crippen LogP contribution in [0.1, 0.15) is 0 Å². The number of rotatable bonds is 1. The number of benzene rings is 1. The fourth-order valence-corrected chi connectivity index (χ4v) is 2.06. The normalized spacial score (nSPS) is 10.3. The zero-order chi connectivity index (χ0) is 9.26. The average molecular weight is 306 g/mol. The number of halogens is 2. The van der Waals surface area contributed by atoms with E-state index in [9.17, 15) is 0 Å². The maximum atomic E-state index is 5.81. The lowest BCUT2D eigenvalue weighted by atomic mass is 10.2. The van der Waals surface area contributed by atoms with Gasteiger partial charge >= 0.3 is 0 Å². The van der Waals surface area contributed by atoms with E-state index in [1.807, 2.05) is 12.1 Å². The van der Waals surface area contributed by atoms with Gasteiger partial charge in [0.2, 0.25) is 12.3 Å². The minimum atomic E-state index is 0.515. The lowest BCUT2D eigenvalue weighted by molar-refractivity contribution is 0.568. The molecule has 0 aliphatic heterocycles. The van der Waals surface area contributed by atoms with E-state index in [2.05, 4.69) is 32.8 Å². The summed E-state index contributed by atoms with van der Waals surface area (Å²) < 4.78 is 6.06. The highest BCUT2D eigenvalue weighted by Gasteiger charge is 2.07. The van der Waals surface area contributed by atoms with Crippen molar-refractivity contribution in [3.05, 3.63) is 33.2 Å². The van der Waals surface area contributed by atoms with Crippen molar-refractivity contribution in [1.82, 2.24) is 10.2 Å². The Labute approximate surface area is 93.3 Å². The predicted octanol–water partition coefficient (Wildman–Crippen LogP) is 2.99. The number of aromatic nitrogens is 2. The van der Waals surface area contributed by atoms with Crippen molar-refractivity contribution >= 4 is 34.2 Å². The molecule has 3 nitrogen and oxygen atoms in total. The summed E-state index contributed by atoms with van der Waals surface area (Å²) >= 11 is 7.98. The third kappa shape index (κ3) is 1.83. The number of hydrogen-bond donors (Lipinski definition) is 0. The van der Waals surface area contributed by atoms with Crippen molar-refractivity contribution < 1.29 is 4.42 Å². The fourth-order valence-electron chi connectivity index (χ4n) is 0.953. The van der Waals surface area contributed by atoms with Crippen LogP contribution in [0.5, 0.6) is 0 Å². The molecule has 0 aliphatic carbocycles. The van der Waals surface area contributed by atoms with Crippen LogP contribution in [-0.2, 0) is 0 Å². The Morgan fingerprint density at radius 3 is 2.85 bits per heavy atom. The van der Waals surface area contributed by atoms with Crippen LogP contribution in [0.2, 0.25) is 5.02 Å². The van der Waals surface area contributed by atoms with Gasteiger partial charge in [-0.3, -0.25) is 0 Å². The van der Waals surface area contributed by atoms with Crippen LogP contribution in [0, 0.1) is 3.57 Å². The molecule has 13 heavy (non-hydrogen) atoms. The SMILES string of the molecule is Clc1ccc(-c2nnco2)c(I)c1. The van der Waals surface area contributed by atoms with Crippen LogP contribution >= 0.6 is 34.2 Å². The molecule has 0 amide bonds. The van der Waals surface area contributed by atoms with E-state index >= 15 is 0 Å². The number of hydrogen-bond acceptors (Lipinski definition) is 3. The summed E-state index contributed by atoms with van der Waals surface area (Å²) in [7, 11) is 0. The van der Waals surface area contributed by atoms with Crippen molar-refractivity contribution in [3.63, 3.8) is 0 Å². The van der Waals surface area contributed by atoms with E-state index in [1.54, 1.807) is 6.07 Å². The summed E-state index contributed by atoms with van der Waals surface area (Å²) in [6, 6.07) is 5.50. The lowest BCUT2D eigenvalue weighted by Crippen LogP contribution is -1.82. The van der Waals surface area contributed by atoms with Crippen LogP contribution in [-0.4, -0.2) is 10.2 Å². The van der Waals surface area contributed by atoms with Gasteiger partial charge < -0.3 is 4.42 Å². The second kappa shape index (κ2) is 3.63. The Hall–Kier alpha value is -0.620.